The number of phosphoric acid groups is 2. The Morgan fingerprint density at radius 2 is 1.49 bits per heavy atom. The third-order valence-corrected chi connectivity index (χ3v) is 17.5. The zero-order valence-electron chi connectivity index (χ0n) is 38.9. The Morgan fingerprint density at radius 1 is 0.813 bits per heavy atom. The average molecular weight is 1150 g/mol. The van der Waals surface area contributed by atoms with Gasteiger partial charge in [0.25, 0.3) is 24.5 Å². The van der Waals surface area contributed by atoms with Gasteiger partial charge in [-0.1, -0.05) is 0 Å². The molecule has 37 nitrogen and oxygen atoms in total. The van der Waals surface area contributed by atoms with Crippen LogP contribution in [0.3, 0.4) is 0 Å². The molecule has 3 fully saturated rings. The van der Waals surface area contributed by atoms with Crippen LogP contribution in [0.2, 0.25) is 0 Å². The fraction of sp³-hybridized carbons (Fsp3) is 0.588. The van der Waals surface area contributed by atoms with Crippen LogP contribution < -0.4 is 42.6 Å². The Morgan fingerprint density at radius 3 is 2.20 bits per heavy atom. The lowest BCUT2D eigenvalue weighted by Crippen LogP contribution is -2.39. The number of hydrogen-bond acceptors (Lipinski definition) is 27. The number of aliphatic hydroxyl groups is 3. The minimum absolute atomic E-state index is 0.00278. The summed E-state index contributed by atoms with van der Waals surface area (Å²) in [5, 5.41) is 32.6. The number of H-pyrrole nitrogens is 2. The van der Waals surface area contributed by atoms with E-state index in [1.807, 2.05) is 4.98 Å². The molecule has 414 valence electrons. The summed E-state index contributed by atoms with van der Waals surface area (Å²) in [4.78, 5) is 104. The summed E-state index contributed by atoms with van der Waals surface area (Å²) in [6.07, 6.45) is -13.2. The van der Waals surface area contributed by atoms with Crippen LogP contribution in [0.4, 0.5) is 11.8 Å². The van der Waals surface area contributed by atoms with Crippen molar-refractivity contribution in [3.63, 3.8) is 0 Å². The second-order valence-corrected chi connectivity index (χ2v) is 23.1. The molecule has 0 amide bonds. The molecule has 0 saturated carbocycles. The highest BCUT2D eigenvalue weighted by Crippen LogP contribution is 2.62. The highest BCUT2D eigenvalue weighted by atomic mass is 31.3. The number of nitrogen functional groups attached to an aromatic ring is 2. The predicted molar refractivity (Wildman–Crippen MR) is 242 cm³/mol. The van der Waals surface area contributed by atoms with Gasteiger partial charge in [-0.2, -0.15) is 13.9 Å². The smallest absolute Gasteiger partial charge is 0.480 e. The van der Waals surface area contributed by atoms with Gasteiger partial charge in [-0.15, -0.1) is 4.86 Å². The Labute approximate surface area is 418 Å². The molecule has 0 radical (unpaired) electrons. The molecule has 8 rings (SSSR count). The van der Waals surface area contributed by atoms with E-state index in [0.717, 1.165) is 36.6 Å². The van der Waals surface area contributed by atoms with Crippen molar-refractivity contribution in [3.05, 3.63) is 62.4 Å². The van der Waals surface area contributed by atoms with Crippen LogP contribution in [0, 0.1) is 5.92 Å². The van der Waals surface area contributed by atoms with E-state index >= 15 is 0 Å². The van der Waals surface area contributed by atoms with Crippen molar-refractivity contribution in [1.29, 1.82) is 0 Å². The number of aromatic nitrogens is 10. The number of fused-ring (bicyclic) bond motifs is 2. The minimum Gasteiger partial charge on any atom is -0.756 e. The van der Waals surface area contributed by atoms with E-state index in [-0.39, 0.29) is 47.1 Å². The molecule has 5 aromatic heterocycles. The van der Waals surface area contributed by atoms with Gasteiger partial charge in [-0.25, -0.2) is 38.0 Å². The number of anilines is 2. The Kier molecular flexibility index (Phi) is 16.6. The lowest BCUT2D eigenvalue weighted by atomic mass is 9.95. The van der Waals surface area contributed by atoms with Crippen LogP contribution in [0.25, 0.3) is 22.3 Å². The SMILES string of the molecule is COCC[C@H]1[C@@H](O)[C@H](n2c[n+](C)c3c(=O)[nH]c(N)nc32)O[C@@H]1COP(=O)(O)OP(=O)(O)NP(=O)(O)OC[C@H]1O[C@@H](n2cnc3c(N)ncnc32)[C@H](OC)[C@@H]1OP(=O)([O-])OC[C@H]1O[C@@H](n2ccc(=O)[nH]c2=O)[C@H](O)[C@@H]1O. The predicted octanol–water partition coefficient (Wildman–Crippen LogP) is -4.64. The normalized spacial score (nSPS) is 30.4. The molecular formula is C34H49N13O24P4. The van der Waals surface area contributed by atoms with Gasteiger partial charge in [-0.3, -0.25) is 42.3 Å². The topological polar surface area (TPSA) is 522 Å². The second-order valence-electron chi connectivity index (χ2n) is 16.8. The van der Waals surface area contributed by atoms with Gasteiger partial charge < -0.3 is 79.1 Å². The zero-order chi connectivity index (χ0) is 54.5. The van der Waals surface area contributed by atoms with Crippen molar-refractivity contribution in [2.75, 3.05) is 52.1 Å². The van der Waals surface area contributed by atoms with E-state index in [1.54, 1.807) is 0 Å². The Balaban J connectivity index is 0.942. The number of ether oxygens (including phenoxy) is 5. The number of aromatic amines is 2. The summed E-state index contributed by atoms with van der Waals surface area (Å²) in [5.74, 6) is -1.27. The molecule has 0 spiro atoms. The summed E-state index contributed by atoms with van der Waals surface area (Å²) in [5.41, 5.74) is 9.34. The molecule has 41 heteroatoms. The van der Waals surface area contributed by atoms with Crippen LogP contribution in [-0.2, 0) is 71.4 Å². The first-order chi connectivity index (χ1) is 35.2. The number of aryl methyl sites for hydroxylation is 1. The molecule has 0 aliphatic carbocycles. The van der Waals surface area contributed by atoms with Crippen LogP contribution in [-0.4, -0.2) is 163 Å². The van der Waals surface area contributed by atoms with Crippen molar-refractivity contribution >= 4 is 65.2 Å². The molecule has 8 heterocycles. The third kappa shape index (κ3) is 12.2. The van der Waals surface area contributed by atoms with E-state index in [9.17, 15) is 67.5 Å². The van der Waals surface area contributed by atoms with Gasteiger partial charge in [0, 0.05) is 39.0 Å². The fourth-order valence-corrected chi connectivity index (χ4v) is 13.5. The van der Waals surface area contributed by atoms with Gasteiger partial charge in [0.2, 0.25) is 18.5 Å². The number of imidazole rings is 2. The van der Waals surface area contributed by atoms with Gasteiger partial charge in [0.15, 0.2) is 23.9 Å². The lowest BCUT2D eigenvalue weighted by molar-refractivity contribution is -0.646. The van der Waals surface area contributed by atoms with Crippen molar-refractivity contribution in [1.82, 2.24) is 48.5 Å². The average Bonchev–Trinajstić information content (AvgIpc) is 4.12. The van der Waals surface area contributed by atoms with Crippen molar-refractivity contribution in [2.45, 2.75) is 73.9 Å². The summed E-state index contributed by atoms with van der Waals surface area (Å²) >= 11 is 0. The lowest BCUT2D eigenvalue weighted by Gasteiger charge is -2.31. The first-order valence-electron chi connectivity index (χ1n) is 21.7. The van der Waals surface area contributed by atoms with Crippen LogP contribution in [0.5, 0.6) is 0 Å². The monoisotopic (exact) mass is 1150 g/mol. The van der Waals surface area contributed by atoms with Gasteiger partial charge >= 0.3 is 34.6 Å². The van der Waals surface area contributed by atoms with E-state index in [1.165, 1.54) is 39.0 Å². The summed E-state index contributed by atoms with van der Waals surface area (Å²) in [6.45, 7) is -3.16. The molecule has 75 heavy (non-hydrogen) atoms. The van der Waals surface area contributed by atoms with E-state index in [4.69, 9.17) is 53.2 Å². The Bertz CT molecular complexity index is 3280. The van der Waals surface area contributed by atoms with Crippen molar-refractivity contribution in [2.24, 2.45) is 13.0 Å². The number of aliphatic hydroxyl groups excluding tert-OH is 3. The number of nitrogens with zero attached hydrogens (tertiary/aromatic N) is 8. The number of nitrogens with one attached hydrogen (secondary N) is 3. The first kappa shape index (κ1) is 56.6. The van der Waals surface area contributed by atoms with Crippen LogP contribution in [0.1, 0.15) is 25.1 Å². The number of nitrogens with two attached hydrogens (primary N) is 2. The van der Waals surface area contributed by atoms with Crippen molar-refractivity contribution in [3.8, 4) is 0 Å². The summed E-state index contributed by atoms with van der Waals surface area (Å²) < 4.78 is 111. The fourth-order valence-electron chi connectivity index (χ4n) is 8.53. The molecule has 5 aromatic rings. The standard InChI is InChI=1S/C34H49N13O24P4/c1-44-13-47(28-20(44)29(52)42-33(36)41-28)30-21(49)14(5-7-62-2)15(67-30)8-66-75(60,61)71-73(56,57)43-72(54,55)64-10-17-24(25(63-3)32(69-17)46-12-39-19-26(35)37-11-38-27(19)46)70-74(58,59)65-9-16-22(50)23(51)31(68-16)45-6-4-18(48)40-34(45)53/h4,6,11-17,21-25,30-32,49-51H,5,7-10H2,1-3H3,(H10-,35,36,37,38,40,41,42,43,48,52,53,54,55,56,57,58,59,60,61)/t14-,15-,16-,17-,21-,22-,23-,24-,25-,30-,31-,32-/m1/s1. The molecule has 3 aliphatic rings. The highest BCUT2D eigenvalue weighted by Gasteiger charge is 2.53. The largest absolute Gasteiger partial charge is 0.756 e. The molecule has 3 aliphatic heterocycles. The Hall–Kier alpha value is -4.62. The zero-order valence-corrected chi connectivity index (χ0v) is 42.5. The van der Waals surface area contributed by atoms with Crippen molar-refractivity contribution < 1.29 is 104 Å². The third-order valence-electron chi connectivity index (χ3n) is 11.9. The maximum absolute atomic E-state index is 13.5. The molecule has 4 unspecified atom stereocenters. The van der Waals surface area contributed by atoms with Gasteiger partial charge in [-0.05, 0) is 6.42 Å². The molecular weight excluding hydrogens is 1100 g/mol. The van der Waals surface area contributed by atoms with Crippen LogP contribution >= 0.6 is 31.1 Å². The van der Waals surface area contributed by atoms with Gasteiger partial charge in [0.1, 0.15) is 54.6 Å². The maximum atomic E-state index is 13.5. The molecule has 0 aromatic carbocycles. The minimum atomic E-state index is -5.94. The van der Waals surface area contributed by atoms with Gasteiger partial charge in [0.05, 0.1) is 39.3 Å². The first-order valence-corrected chi connectivity index (χ1v) is 27.8. The quantitative estimate of drug-likeness (QED) is 0.0229. The van der Waals surface area contributed by atoms with E-state index < -0.39 is 141 Å². The highest BCUT2D eigenvalue weighted by molar-refractivity contribution is 7.71. The molecule has 3 saturated heterocycles. The summed E-state index contributed by atoms with van der Waals surface area (Å²) in [6, 6.07) is 0.920. The second kappa shape index (κ2) is 22.0. The number of phosphoric ester groups is 2. The molecule has 16 atom stereocenters. The molecule has 0 bridgehead atoms. The maximum Gasteiger partial charge on any atom is 0.480 e. The number of methoxy groups -OCH3 is 2. The number of hydrogen-bond donors (Lipinski definition) is 11. The van der Waals surface area contributed by atoms with E-state index in [2.05, 4.69) is 29.2 Å². The van der Waals surface area contributed by atoms with E-state index in [0.29, 0.717) is 0 Å². The molecule has 13 N–H and O–H groups in total. The number of rotatable bonds is 22. The summed E-state index contributed by atoms with van der Waals surface area (Å²) in [7, 11) is -19.1. The van der Waals surface area contributed by atoms with Crippen LogP contribution in [0.15, 0.2) is 45.6 Å².